The van der Waals surface area contributed by atoms with E-state index in [-0.39, 0.29) is 23.6 Å². The van der Waals surface area contributed by atoms with Crippen molar-refractivity contribution < 1.29 is 9.90 Å². The van der Waals surface area contributed by atoms with Crippen LogP contribution in [0.2, 0.25) is 0 Å². The second kappa shape index (κ2) is 6.08. The molecule has 1 aromatic carbocycles. The first-order chi connectivity index (χ1) is 11.0. The largest absolute Gasteiger partial charge is 0.508 e. The van der Waals surface area contributed by atoms with Gasteiger partial charge in [0.15, 0.2) is 5.16 Å². The Kier molecular flexibility index (Phi) is 4.12. The number of phenols is 1. The van der Waals surface area contributed by atoms with Gasteiger partial charge in [-0.05, 0) is 23.4 Å². The zero-order chi connectivity index (χ0) is 16.6. The zero-order valence-electron chi connectivity index (χ0n) is 12.9. The fraction of sp³-hybridized carbons (Fsp3) is 0.312. The van der Waals surface area contributed by atoms with Crippen LogP contribution >= 0.6 is 11.8 Å². The number of hydrogen-bond donors (Lipinski definition) is 2. The molecule has 0 saturated carbocycles. The Hall–Kier alpha value is -2.28. The molecule has 1 atom stereocenters. The van der Waals surface area contributed by atoms with Crippen molar-refractivity contribution in [3.63, 3.8) is 0 Å². The molecule has 1 aliphatic heterocycles. The van der Waals surface area contributed by atoms with Crippen molar-refractivity contribution in [2.75, 3.05) is 11.1 Å². The number of rotatable bonds is 3. The summed E-state index contributed by atoms with van der Waals surface area (Å²) in [6.45, 7) is 1.98. The molecule has 0 saturated heterocycles. The fourth-order valence-corrected chi connectivity index (χ4v) is 3.51. The molecule has 0 radical (unpaired) electrons. The van der Waals surface area contributed by atoms with Crippen LogP contribution in [-0.2, 0) is 11.8 Å². The van der Waals surface area contributed by atoms with Crippen LogP contribution < -0.4 is 10.9 Å². The number of nitrogens with one attached hydrogen (secondary N) is 1. The smallest absolute Gasteiger partial charge is 0.279 e. The second-order valence-corrected chi connectivity index (χ2v) is 6.58. The Morgan fingerprint density at radius 3 is 2.91 bits per heavy atom. The lowest BCUT2D eigenvalue weighted by Crippen LogP contribution is -2.33. The van der Waals surface area contributed by atoms with E-state index in [4.69, 9.17) is 0 Å². The number of amides is 1. The van der Waals surface area contributed by atoms with E-state index in [1.165, 1.54) is 11.8 Å². The van der Waals surface area contributed by atoms with Crippen molar-refractivity contribution >= 4 is 23.5 Å². The van der Waals surface area contributed by atoms with Crippen LogP contribution in [0, 0.1) is 0 Å². The van der Waals surface area contributed by atoms with Crippen LogP contribution in [0.25, 0.3) is 0 Å². The van der Waals surface area contributed by atoms with Crippen molar-refractivity contribution in [3.05, 3.63) is 45.7 Å². The molecule has 23 heavy (non-hydrogen) atoms. The van der Waals surface area contributed by atoms with Gasteiger partial charge in [0, 0.05) is 19.4 Å². The highest BCUT2D eigenvalue weighted by Crippen LogP contribution is 2.36. The first kappa shape index (κ1) is 15.6. The number of nitrogens with zero attached hydrogens (tertiary/aromatic N) is 2. The van der Waals surface area contributed by atoms with E-state index in [0.717, 1.165) is 11.3 Å². The van der Waals surface area contributed by atoms with Gasteiger partial charge in [-0.25, -0.2) is 0 Å². The van der Waals surface area contributed by atoms with Crippen LogP contribution in [-0.4, -0.2) is 26.3 Å². The number of anilines is 1. The Labute approximate surface area is 137 Å². The maximum atomic E-state index is 12.5. The van der Waals surface area contributed by atoms with Gasteiger partial charge in [-0.1, -0.05) is 30.8 Å². The summed E-state index contributed by atoms with van der Waals surface area (Å²) in [5, 5.41) is 13.1. The minimum absolute atomic E-state index is 0.109. The minimum Gasteiger partial charge on any atom is -0.508 e. The summed E-state index contributed by atoms with van der Waals surface area (Å²) in [6.07, 6.45) is 0.160. The van der Waals surface area contributed by atoms with Crippen LogP contribution in [0.3, 0.4) is 0 Å². The van der Waals surface area contributed by atoms with Crippen LogP contribution in [0.5, 0.6) is 5.75 Å². The summed E-state index contributed by atoms with van der Waals surface area (Å²) in [4.78, 5) is 28.8. The molecule has 120 valence electrons. The van der Waals surface area contributed by atoms with Crippen LogP contribution in [0.15, 0.2) is 34.2 Å². The quantitative estimate of drug-likeness (QED) is 0.664. The standard InChI is InChI=1S/C16H17N3O3S/c1-3-23-16-18-15(22)13-11(9-5-4-6-10(20)7-9)8-12(21)17-14(13)19(16)2/h4-7,11,20H,3,8H2,1-2H3,(H,17,21)/t11-/m0/s1. The Bertz CT molecular complexity index is 832. The molecule has 3 rings (SSSR count). The van der Waals surface area contributed by atoms with Crippen LogP contribution in [0.4, 0.5) is 5.82 Å². The monoisotopic (exact) mass is 331 g/mol. The van der Waals surface area contributed by atoms with Crippen molar-refractivity contribution in [2.45, 2.75) is 24.4 Å². The van der Waals surface area contributed by atoms with E-state index in [0.29, 0.717) is 16.5 Å². The second-order valence-electron chi connectivity index (χ2n) is 5.35. The van der Waals surface area contributed by atoms with Gasteiger partial charge < -0.3 is 15.0 Å². The van der Waals surface area contributed by atoms with Gasteiger partial charge in [-0.3, -0.25) is 9.59 Å². The highest BCUT2D eigenvalue weighted by molar-refractivity contribution is 7.99. The average Bonchev–Trinajstić information content (AvgIpc) is 2.51. The average molecular weight is 331 g/mol. The molecule has 0 bridgehead atoms. The number of benzene rings is 1. The summed E-state index contributed by atoms with van der Waals surface area (Å²) >= 11 is 1.45. The van der Waals surface area contributed by atoms with Gasteiger partial charge in [-0.15, -0.1) is 0 Å². The fourth-order valence-electron chi connectivity index (χ4n) is 2.82. The van der Waals surface area contributed by atoms with E-state index in [1.807, 2.05) is 6.92 Å². The molecule has 2 aromatic rings. The summed E-state index contributed by atoms with van der Waals surface area (Å²) < 4.78 is 1.75. The SMILES string of the molecule is CCSc1nc(=O)c2c(n1C)NC(=O)C[C@H]2c1cccc(O)c1. The number of aromatic hydroxyl groups is 1. The van der Waals surface area contributed by atoms with Crippen molar-refractivity contribution in [3.8, 4) is 5.75 Å². The van der Waals surface area contributed by atoms with Gasteiger partial charge >= 0.3 is 0 Å². The van der Waals surface area contributed by atoms with Crippen molar-refractivity contribution in [1.82, 2.24) is 9.55 Å². The van der Waals surface area contributed by atoms with Gasteiger partial charge in [0.2, 0.25) is 5.91 Å². The molecule has 0 unspecified atom stereocenters. The third kappa shape index (κ3) is 2.84. The highest BCUT2D eigenvalue weighted by Gasteiger charge is 2.32. The minimum atomic E-state index is -0.405. The predicted molar refractivity (Wildman–Crippen MR) is 89.1 cm³/mol. The van der Waals surface area contributed by atoms with Crippen molar-refractivity contribution in [2.24, 2.45) is 7.05 Å². The normalized spacial score (nSPS) is 16.8. The molecular formula is C16H17N3O3S. The van der Waals surface area contributed by atoms with E-state index in [2.05, 4.69) is 10.3 Å². The Balaban J connectivity index is 2.20. The topological polar surface area (TPSA) is 84.2 Å². The first-order valence-electron chi connectivity index (χ1n) is 7.33. The molecule has 1 aliphatic rings. The van der Waals surface area contributed by atoms with Gasteiger partial charge in [0.25, 0.3) is 5.56 Å². The van der Waals surface area contributed by atoms with E-state index >= 15 is 0 Å². The molecule has 0 fully saturated rings. The predicted octanol–water partition coefficient (Wildman–Crippen LogP) is 2.07. The molecule has 0 aliphatic carbocycles. The highest BCUT2D eigenvalue weighted by atomic mass is 32.2. The summed E-state index contributed by atoms with van der Waals surface area (Å²) in [5.74, 6) is 0.823. The number of fused-ring (bicyclic) bond motifs is 1. The number of carbonyl (C=O) groups excluding carboxylic acids is 1. The summed E-state index contributed by atoms with van der Waals surface area (Å²) in [5.41, 5.74) is 0.872. The lowest BCUT2D eigenvalue weighted by Gasteiger charge is -2.27. The van der Waals surface area contributed by atoms with E-state index in [1.54, 1.807) is 35.9 Å². The third-order valence-electron chi connectivity index (χ3n) is 3.85. The molecule has 1 aromatic heterocycles. The van der Waals surface area contributed by atoms with E-state index in [9.17, 15) is 14.7 Å². The maximum absolute atomic E-state index is 12.5. The molecule has 2 N–H and O–H groups in total. The Morgan fingerprint density at radius 1 is 1.43 bits per heavy atom. The molecular weight excluding hydrogens is 314 g/mol. The first-order valence-corrected chi connectivity index (χ1v) is 8.32. The van der Waals surface area contributed by atoms with Crippen molar-refractivity contribution in [1.29, 1.82) is 0 Å². The maximum Gasteiger partial charge on any atom is 0.279 e. The number of carbonyl (C=O) groups is 1. The zero-order valence-corrected chi connectivity index (χ0v) is 13.7. The van der Waals surface area contributed by atoms with Gasteiger partial charge in [0.1, 0.15) is 11.6 Å². The van der Waals surface area contributed by atoms with Gasteiger partial charge in [-0.2, -0.15) is 4.98 Å². The molecule has 7 heteroatoms. The Morgan fingerprint density at radius 2 is 2.22 bits per heavy atom. The molecule has 2 heterocycles. The molecule has 1 amide bonds. The number of hydrogen-bond acceptors (Lipinski definition) is 5. The summed E-state index contributed by atoms with van der Waals surface area (Å²) in [7, 11) is 1.79. The van der Waals surface area contributed by atoms with E-state index < -0.39 is 5.92 Å². The molecule has 0 spiro atoms. The lowest BCUT2D eigenvalue weighted by molar-refractivity contribution is -0.116. The lowest BCUT2D eigenvalue weighted by atomic mass is 9.86. The molecule has 6 nitrogen and oxygen atoms in total. The number of phenolic OH excluding ortho intramolecular Hbond substituents is 1. The van der Waals surface area contributed by atoms with Crippen LogP contribution in [0.1, 0.15) is 30.4 Å². The number of aromatic nitrogens is 2. The number of thioether (sulfide) groups is 1. The van der Waals surface area contributed by atoms with Gasteiger partial charge in [0.05, 0.1) is 5.56 Å². The third-order valence-corrected chi connectivity index (χ3v) is 4.76. The summed E-state index contributed by atoms with van der Waals surface area (Å²) in [6, 6.07) is 6.66.